The monoisotopic (exact) mass is 482 g/mol. The number of hydrogen-bond donors (Lipinski definition) is 2. The first kappa shape index (κ1) is 25.8. The molecule has 1 unspecified atom stereocenters. The molecule has 0 bridgehead atoms. The van der Waals surface area contributed by atoms with Crippen LogP contribution in [-0.2, 0) is 15.1 Å². The van der Waals surface area contributed by atoms with E-state index in [1.807, 2.05) is 35.2 Å². The lowest BCUT2D eigenvalue weighted by Gasteiger charge is -2.44. The van der Waals surface area contributed by atoms with Crippen molar-refractivity contribution in [3.63, 3.8) is 0 Å². The van der Waals surface area contributed by atoms with Crippen LogP contribution in [0, 0.1) is 17.7 Å². The summed E-state index contributed by atoms with van der Waals surface area (Å²) in [7, 11) is 1.69. The summed E-state index contributed by atoms with van der Waals surface area (Å²) >= 11 is 0. The van der Waals surface area contributed by atoms with Crippen molar-refractivity contribution in [3.05, 3.63) is 59.9 Å². The molecule has 190 valence electrons. The number of aliphatic hydroxyl groups is 1. The van der Waals surface area contributed by atoms with Crippen molar-refractivity contribution in [1.82, 2.24) is 4.90 Å². The van der Waals surface area contributed by atoms with Gasteiger partial charge in [0.25, 0.3) is 0 Å². The van der Waals surface area contributed by atoms with Gasteiger partial charge in [-0.3, -0.25) is 4.79 Å². The molecule has 4 atom stereocenters. The van der Waals surface area contributed by atoms with Crippen LogP contribution in [0.1, 0.15) is 56.9 Å². The van der Waals surface area contributed by atoms with Gasteiger partial charge < -0.3 is 20.5 Å². The Morgan fingerprint density at radius 1 is 1.17 bits per heavy atom. The van der Waals surface area contributed by atoms with Gasteiger partial charge in [-0.2, -0.15) is 0 Å². The van der Waals surface area contributed by atoms with Crippen LogP contribution in [0.5, 0.6) is 0 Å². The van der Waals surface area contributed by atoms with Crippen LogP contribution in [0.3, 0.4) is 0 Å². The maximum absolute atomic E-state index is 14.1. The van der Waals surface area contributed by atoms with Crippen molar-refractivity contribution in [2.24, 2.45) is 17.6 Å². The fourth-order valence-electron chi connectivity index (χ4n) is 6.03. The molecule has 2 aromatic rings. The highest BCUT2D eigenvalue weighted by molar-refractivity contribution is 5.79. The van der Waals surface area contributed by atoms with Gasteiger partial charge >= 0.3 is 0 Å². The molecule has 4 rings (SSSR count). The lowest BCUT2D eigenvalue weighted by molar-refractivity contribution is -0.140. The maximum atomic E-state index is 14.1. The number of amides is 1. The lowest BCUT2D eigenvalue weighted by atomic mass is 9.72. The summed E-state index contributed by atoms with van der Waals surface area (Å²) in [5.41, 5.74) is 7.34. The van der Waals surface area contributed by atoms with Crippen molar-refractivity contribution in [2.75, 3.05) is 26.8 Å². The topological polar surface area (TPSA) is 75.8 Å². The quantitative estimate of drug-likeness (QED) is 0.501. The first-order valence-electron chi connectivity index (χ1n) is 13.0. The van der Waals surface area contributed by atoms with Crippen LogP contribution in [0.15, 0.2) is 48.5 Å². The number of halogens is 1. The van der Waals surface area contributed by atoms with Gasteiger partial charge in [0.1, 0.15) is 5.82 Å². The van der Waals surface area contributed by atoms with Crippen molar-refractivity contribution >= 4 is 5.91 Å². The molecule has 1 saturated heterocycles. The Morgan fingerprint density at radius 3 is 2.74 bits per heavy atom. The highest BCUT2D eigenvalue weighted by atomic mass is 19.1. The van der Waals surface area contributed by atoms with E-state index >= 15 is 0 Å². The average molecular weight is 483 g/mol. The number of rotatable bonds is 9. The zero-order valence-corrected chi connectivity index (χ0v) is 20.8. The largest absolute Gasteiger partial charge is 0.385 e. The molecule has 2 aromatic carbocycles. The highest BCUT2D eigenvalue weighted by Crippen LogP contribution is 2.44. The Morgan fingerprint density at radius 2 is 2.00 bits per heavy atom. The number of carbonyl (C=O) groups is 1. The van der Waals surface area contributed by atoms with Crippen LogP contribution >= 0.6 is 0 Å². The number of benzene rings is 2. The van der Waals surface area contributed by atoms with E-state index in [-0.39, 0.29) is 29.6 Å². The first-order valence-corrected chi connectivity index (χ1v) is 13.0. The maximum Gasteiger partial charge on any atom is 0.225 e. The molecule has 1 amide bonds. The Hall–Kier alpha value is -2.28. The van der Waals surface area contributed by atoms with E-state index in [1.165, 1.54) is 12.1 Å². The summed E-state index contributed by atoms with van der Waals surface area (Å²) < 4.78 is 19.4. The van der Waals surface area contributed by atoms with Gasteiger partial charge in [0.2, 0.25) is 5.91 Å². The van der Waals surface area contributed by atoms with Crippen molar-refractivity contribution in [1.29, 1.82) is 0 Å². The lowest BCUT2D eigenvalue weighted by Crippen LogP contribution is -2.49. The predicted octanol–water partition coefficient (Wildman–Crippen LogP) is 4.86. The Bertz CT molecular complexity index is 999. The Labute approximate surface area is 208 Å². The predicted molar refractivity (Wildman–Crippen MR) is 136 cm³/mol. The van der Waals surface area contributed by atoms with Crippen LogP contribution in [-0.4, -0.2) is 48.8 Å². The molecule has 2 fully saturated rings. The third kappa shape index (κ3) is 5.93. The number of nitrogens with zero attached hydrogens (tertiary/aromatic N) is 1. The molecular weight excluding hydrogens is 443 g/mol. The van der Waals surface area contributed by atoms with Gasteiger partial charge in [0.05, 0.1) is 5.60 Å². The standard InChI is InChI=1S/C29H39FN2O3/c1-35-17-5-4-15-29(34,27-12-3-2-11-26(27)21-8-6-10-24(30)18-21)23-9-7-16-32(20-23)28(33)22-13-14-25(31)19-22/h2-3,6,8,10-12,18,22-23,25,34H,4-5,7,9,13-17,19-20,31H2,1H3/t22-,23?,25+,29+/m1/s1. The van der Waals surface area contributed by atoms with Gasteiger partial charge in [-0.05, 0) is 80.2 Å². The Balaban J connectivity index is 1.65. The van der Waals surface area contributed by atoms with Gasteiger partial charge in [-0.15, -0.1) is 0 Å². The molecule has 35 heavy (non-hydrogen) atoms. The molecule has 6 heteroatoms. The zero-order valence-electron chi connectivity index (χ0n) is 20.8. The van der Waals surface area contributed by atoms with Gasteiger partial charge in [-0.1, -0.05) is 36.4 Å². The van der Waals surface area contributed by atoms with E-state index in [9.17, 15) is 14.3 Å². The minimum Gasteiger partial charge on any atom is -0.385 e. The molecule has 1 aliphatic carbocycles. The number of ether oxygens (including phenoxy) is 1. The summed E-state index contributed by atoms with van der Waals surface area (Å²) in [6.07, 6.45) is 6.40. The van der Waals surface area contributed by atoms with Crippen molar-refractivity contribution < 1.29 is 19.0 Å². The molecule has 0 aromatic heterocycles. The van der Waals surface area contributed by atoms with Crippen molar-refractivity contribution in [2.45, 2.75) is 63.0 Å². The molecule has 5 nitrogen and oxygen atoms in total. The number of carbonyl (C=O) groups excluding carboxylic acids is 1. The van der Waals surface area contributed by atoms with Gasteiger partial charge in [-0.25, -0.2) is 4.39 Å². The SMILES string of the molecule is COCCCC[C@@](O)(c1ccccc1-c1cccc(F)c1)C1CCCN(C(=O)[C@@H]2CC[C@H](N)C2)C1. The molecule has 1 aliphatic heterocycles. The molecule has 1 heterocycles. The summed E-state index contributed by atoms with van der Waals surface area (Å²) in [6, 6.07) is 14.4. The molecule has 2 aliphatic rings. The second-order valence-corrected chi connectivity index (χ2v) is 10.3. The summed E-state index contributed by atoms with van der Waals surface area (Å²) in [4.78, 5) is 15.3. The summed E-state index contributed by atoms with van der Waals surface area (Å²) in [6.45, 7) is 1.90. The number of likely N-dealkylation sites (tertiary alicyclic amines) is 1. The molecule has 1 saturated carbocycles. The van der Waals surface area contributed by atoms with Gasteiger partial charge in [0.15, 0.2) is 0 Å². The van der Waals surface area contributed by atoms with Crippen LogP contribution < -0.4 is 5.73 Å². The van der Waals surface area contributed by atoms with Crippen LogP contribution in [0.4, 0.5) is 4.39 Å². The number of unbranched alkanes of at least 4 members (excludes halogenated alkanes) is 1. The first-order chi connectivity index (χ1) is 16.9. The summed E-state index contributed by atoms with van der Waals surface area (Å²) in [5, 5.41) is 12.4. The normalized spacial score (nSPS) is 24.3. The molecule has 3 N–H and O–H groups in total. The van der Waals surface area contributed by atoms with Crippen molar-refractivity contribution in [3.8, 4) is 11.1 Å². The third-order valence-corrected chi connectivity index (χ3v) is 7.92. The fourth-order valence-corrected chi connectivity index (χ4v) is 6.03. The minimum absolute atomic E-state index is 0.00174. The van der Waals surface area contributed by atoms with E-state index < -0.39 is 5.60 Å². The molecule has 0 spiro atoms. The molecule has 0 radical (unpaired) electrons. The third-order valence-electron chi connectivity index (χ3n) is 7.92. The van der Waals surface area contributed by atoms with Crippen LogP contribution in [0.2, 0.25) is 0 Å². The summed E-state index contributed by atoms with van der Waals surface area (Å²) in [5.74, 6) is -0.224. The Kier molecular flexibility index (Phi) is 8.58. The minimum atomic E-state index is -1.14. The van der Waals surface area contributed by atoms with E-state index in [4.69, 9.17) is 10.5 Å². The fraction of sp³-hybridized carbons (Fsp3) is 0.552. The molecular formula is C29H39FN2O3. The van der Waals surface area contributed by atoms with E-state index in [0.29, 0.717) is 19.6 Å². The number of nitrogens with two attached hydrogens (primary N) is 1. The smallest absolute Gasteiger partial charge is 0.225 e. The van der Waals surface area contributed by atoms with Crippen LogP contribution in [0.25, 0.3) is 11.1 Å². The van der Waals surface area contributed by atoms with E-state index in [2.05, 4.69) is 0 Å². The number of hydrogen-bond acceptors (Lipinski definition) is 4. The average Bonchev–Trinajstić information content (AvgIpc) is 3.32. The second kappa shape index (κ2) is 11.6. The number of methoxy groups -OCH3 is 1. The van der Waals surface area contributed by atoms with E-state index in [1.54, 1.807) is 13.2 Å². The zero-order chi connectivity index (χ0) is 24.8. The number of piperidine rings is 1. The van der Waals surface area contributed by atoms with Gasteiger partial charge in [0, 0.05) is 44.7 Å². The second-order valence-electron chi connectivity index (χ2n) is 10.3. The van der Waals surface area contributed by atoms with E-state index in [0.717, 1.165) is 68.2 Å². The highest BCUT2D eigenvalue weighted by Gasteiger charge is 2.43.